The molecule has 102 valence electrons. The van der Waals surface area contributed by atoms with Crippen molar-refractivity contribution in [2.45, 2.75) is 19.9 Å². The number of sulfonamides is 1. The van der Waals surface area contributed by atoms with Crippen LogP contribution in [0.5, 0.6) is 0 Å². The molecule has 1 rings (SSSR count). The second-order valence-electron chi connectivity index (χ2n) is 3.91. The van der Waals surface area contributed by atoms with Crippen LogP contribution >= 0.6 is 12.4 Å². The van der Waals surface area contributed by atoms with Crippen molar-refractivity contribution >= 4 is 28.3 Å². The maximum absolute atomic E-state index is 11.6. The van der Waals surface area contributed by atoms with Gasteiger partial charge in [-0.15, -0.1) is 12.4 Å². The molecule has 0 spiro atoms. The van der Waals surface area contributed by atoms with Gasteiger partial charge < -0.3 is 10.6 Å². The number of carbonyl (C=O) groups is 1. The van der Waals surface area contributed by atoms with E-state index in [1.54, 1.807) is 18.7 Å². The molecule has 1 saturated heterocycles. The molecular weight excluding hydrogens is 266 g/mol. The first-order valence-corrected chi connectivity index (χ1v) is 7.01. The van der Waals surface area contributed by atoms with Crippen LogP contribution in [-0.2, 0) is 14.8 Å². The number of nitrogens with two attached hydrogens (primary N) is 1. The molecule has 0 aromatic rings. The van der Waals surface area contributed by atoms with Crippen LogP contribution in [0.25, 0.3) is 0 Å². The van der Waals surface area contributed by atoms with E-state index < -0.39 is 16.1 Å². The number of hydrogen-bond donors (Lipinski definition) is 1. The van der Waals surface area contributed by atoms with Crippen LogP contribution in [0.2, 0.25) is 0 Å². The summed E-state index contributed by atoms with van der Waals surface area (Å²) in [6.45, 7) is 4.86. The van der Waals surface area contributed by atoms with Crippen molar-refractivity contribution in [3.8, 4) is 0 Å². The van der Waals surface area contributed by atoms with Crippen molar-refractivity contribution in [2.24, 2.45) is 5.73 Å². The molecule has 8 heteroatoms. The highest BCUT2D eigenvalue weighted by molar-refractivity contribution is 7.89. The first-order chi connectivity index (χ1) is 7.38. The first kappa shape index (κ1) is 16.6. The van der Waals surface area contributed by atoms with E-state index >= 15 is 0 Å². The molecule has 1 atom stereocenters. The first-order valence-electron chi connectivity index (χ1n) is 5.40. The summed E-state index contributed by atoms with van der Waals surface area (Å²) in [5.74, 6) is -0.0117. The van der Waals surface area contributed by atoms with E-state index in [0.29, 0.717) is 26.2 Å². The third-order valence-corrected chi connectivity index (χ3v) is 4.58. The van der Waals surface area contributed by atoms with Gasteiger partial charge in [-0.3, -0.25) is 4.79 Å². The molecule has 1 aliphatic rings. The van der Waals surface area contributed by atoms with E-state index in [4.69, 9.17) is 5.73 Å². The van der Waals surface area contributed by atoms with E-state index in [9.17, 15) is 13.2 Å². The van der Waals surface area contributed by atoms with Crippen LogP contribution in [0.15, 0.2) is 0 Å². The topological polar surface area (TPSA) is 83.7 Å². The lowest BCUT2D eigenvalue weighted by molar-refractivity contribution is -0.133. The zero-order valence-electron chi connectivity index (χ0n) is 10.1. The minimum atomic E-state index is -3.13. The van der Waals surface area contributed by atoms with E-state index in [0.717, 1.165) is 0 Å². The number of amides is 1. The summed E-state index contributed by atoms with van der Waals surface area (Å²) in [4.78, 5) is 13.2. The number of hydrogen-bond acceptors (Lipinski definition) is 4. The van der Waals surface area contributed by atoms with Crippen LogP contribution in [0.3, 0.4) is 0 Å². The quantitative estimate of drug-likeness (QED) is 0.739. The lowest BCUT2D eigenvalue weighted by Crippen LogP contribution is -2.53. The van der Waals surface area contributed by atoms with E-state index in [2.05, 4.69) is 0 Å². The molecule has 0 aliphatic carbocycles. The van der Waals surface area contributed by atoms with Crippen molar-refractivity contribution < 1.29 is 13.2 Å². The summed E-state index contributed by atoms with van der Waals surface area (Å²) < 4.78 is 24.6. The van der Waals surface area contributed by atoms with Crippen LogP contribution in [0.4, 0.5) is 0 Å². The Morgan fingerprint density at radius 2 is 1.76 bits per heavy atom. The van der Waals surface area contributed by atoms with Crippen molar-refractivity contribution in [1.29, 1.82) is 0 Å². The summed E-state index contributed by atoms with van der Waals surface area (Å²) in [6.07, 6.45) is 0. The molecule has 0 bridgehead atoms. The van der Waals surface area contributed by atoms with Gasteiger partial charge in [0.2, 0.25) is 15.9 Å². The highest BCUT2D eigenvalue weighted by Crippen LogP contribution is 2.08. The van der Waals surface area contributed by atoms with Gasteiger partial charge in [0.1, 0.15) is 0 Å². The predicted molar refractivity (Wildman–Crippen MR) is 68.5 cm³/mol. The monoisotopic (exact) mass is 285 g/mol. The summed E-state index contributed by atoms with van der Waals surface area (Å²) in [7, 11) is -3.13. The maximum atomic E-state index is 11.6. The Morgan fingerprint density at radius 1 is 1.29 bits per heavy atom. The van der Waals surface area contributed by atoms with E-state index in [1.807, 2.05) is 0 Å². The van der Waals surface area contributed by atoms with Gasteiger partial charge in [0.05, 0.1) is 11.8 Å². The Kier molecular flexibility index (Phi) is 6.39. The Morgan fingerprint density at radius 3 is 2.12 bits per heavy atom. The minimum Gasteiger partial charge on any atom is -0.339 e. The van der Waals surface area contributed by atoms with Gasteiger partial charge in [-0.25, -0.2) is 8.42 Å². The van der Waals surface area contributed by atoms with Crippen LogP contribution in [0.1, 0.15) is 13.8 Å². The fraction of sp³-hybridized carbons (Fsp3) is 0.889. The third-order valence-electron chi connectivity index (χ3n) is 2.70. The summed E-state index contributed by atoms with van der Waals surface area (Å²) in [5.41, 5.74) is 5.49. The van der Waals surface area contributed by atoms with Gasteiger partial charge >= 0.3 is 0 Å². The molecule has 1 aliphatic heterocycles. The zero-order valence-corrected chi connectivity index (χ0v) is 11.8. The lowest BCUT2D eigenvalue weighted by Gasteiger charge is -2.34. The average Bonchev–Trinajstić information content (AvgIpc) is 2.28. The molecule has 1 amide bonds. The molecule has 1 heterocycles. The van der Waals surface area contributed by atoms with Crippen LogP contribution < -0.4 is 5.73 Å². The summed E-state index contributed by atoms with van der Waals surface area (Å²) in [6, 6.07) is -0.519. The molecule has 0 unspecified atom stereocenters. The summed E-state index contributed by atoms with van der Waals surface area (Å²) in [5, 5.41) is 0. The number of halogens is 1. The molecular formula is C9H20ClN3O3S. The van der Waals surface area contributed by atoms with Gasteiger partial charge in [0.15, 0.2) is 0 Å². The van der Waals surface area contributed by atoms with Crippen molar-refractivity contribution in [3.63, 3.8) is 0 Å². The zero-order chi connectivity index (χ0) is 12.3. The smallest absolute Gasteiger partial charge is 0.239 e. The Balaban J connectivity index is 0.00000256. The number of piperazine rings is 1. The normalized spacial score (nSPS) is 19.6. The Hall–Kier alpha value is -0.370. The van der Waals surface area contributed by atoms with Crippen molar-refractivity contribution in [2.75, 3.05) is 31.9 Å². The molecule has 6 nitrogen and oxygen atoms in total. The van der Waals surface area contributed by atoms with Gasteiger partial charge in [0, 0.05) is 26.2 Å². The second kappa shape index (κ2) is 6.53. The van der Waals surface area contributed by atoms with Crippen molar-refractivity contribution in [1.82, 2.24) is 9.21 Å². The third kappa shape index (κ3) is 4.09. The summed E-state index contributed by atoms with van der Waals surface area (Å²) >= 11 is 0. The van der Waals surface area contributed by atoms with E-state index in [-0.39, 0.29) is 24.1 Å². The lowest BCUT2D eigenvalue weighted by atomic mass is 10.2. The Bertz CT molecular complexity index is 350. The number of rotatable bonds is 3. The molecule has 0 radical (unpaired) electrons. The minimum absolute atomic E-state index is 0. The number of carbonyl (C=O) groups excluding carboxylic acids is 1. The molecule has 1 fully saturated rings. The number of nitrogens with zero attached hydrogens (tertiary/aromatic N) is 2. The largest absolute Gasteiger partial charge is 0.339 e. The highest BCUT2D eigenvalue weighted by atomic mass is 35.5. The van der Waals surface area contributed by atoms with Gasteiger partial charge in [-0.05, 0) is 13.8 Å². The molecule has 0 aromatic carbocycles. The average molecular weight is 286 g/mol. The highest BCUT2D eigenvalue weighted by Gasteiger charge is 2.28. The van der Waals surface area contributed by atoms with Crippen LogP contribution in [0, 0.1) is 0 Å². The van der Waals surface area contributed by atoms with E-state index in [1.165, 1.54) is 4.31 Å². The molecule has 0 saturated carbocycles. The van der Waals surface area contributed by atoms with Crippen LogP contribution in [-0.4, -0.2) is 61.5 Å². The van der Waals surface area contributed by atoms with Gasteiger partial charge in [0.25, 0.3) is 0 Å². The molecule has 17 heavy (non-hydrogen) atoms. The van der Waals surface area contributed by atoms with Gasteiger partial charge in [-0.1, -0.05) is 0 Å². The molecule has 0 aromatic heterocycles. The SMILES string of the molecule is CCS(=O)(=O)N1CCN(C(=O)[C@H](C)N)CC1.Cl. The fourth-order valence-electron chi connectivity index (χ4n) is 1.66. The standard InChI is InChI=1S/C9H19N3O3S.ClH/c1-3-16(14,15)12-6-4-11(5-7-12)9(13)8(2)10;/h8H,3-7,10H2,1-2H3;1H/t8-;/m0./s1. The Labute approximate surface area is 109 Å². The second-order valence-corrected chi connectivity index (χ2v) is 6.17. The van der Waals surface area contributed by atoms with Gasteiger partial charge in [-0.2, -0.15) is 4.31 Å². The predicted octanol–water partition coefficient (Wildman–Crippen LogP) is -0.751. The van der Waals surface area contributed by atoms with Crippen molar-refractivity contribution in [3.05, 3.63) is 0 Å². The maximum Gasteiger partial charge on any atom is 0.239 e. The molecule has 2 N–H and O–H groups in total. The fourth-order valence-corrected chi connectivity index (χ4v) is 2.74.